The Bertz CT molecular complexity index is 924. The van der Waals surface area contributed by atoms with Crippen molar-refractivity contribution < 1.29 is 18.0 Å². The van der Waals surface area contributed by atoms with Crippen molar-refractivity contribution in [2.24, 2.45) is 0 Å². The molecule has 2 aromatic carbocycles. The molecular weight excluding hydrogens is 401 g/mol. The van der Waals surface area contributed by atoms with Crippen LogP contribution in [0.2, 0.25) is 10.0 Å². The molecule has 0 radical (unpaired) electrons. The van der Waals surface area contributed by atoms with Gasteiger partial charge in [0, 0.05) is 19.8 Å². The van der Waals surface area contributed by atoms with Crippen LogP contribution >= 0.6 is 23.2 Å². The van der Waals surface area contributed by atoms with Gasteiger partial charge in [0.25, 0.3) is 5.91 Å². The zero-order chi connectivity index (χ0) is 19.5. The Kier molecular flexibility index (Phi) is 6.25. The van der Waals surface area contributed by atoms with E-state index >= 15 is 0 Å². The second kappa shape index (κ2) is 8.05. The van der Waals surface area contributed by atoms with Crippen molar-refractivity contribution in [2.45, 2.75) is 4.90 Å². The minimum atomic E-state index is -3.57. The van der Waals surface area contributed by atoms with Crippen LogP contribution in [0.1, 0.15) is 10.4 Å². The molecule has 0 aliphatic carbocycles. The highest BCUT2D eigenvalue weighted by Crippen LogP contribution is 2.24. The Hall–Kier alpha value is -2.13. The number of hydrogen-bond donors (Lipinski definition) is 2. The average Bonchev–Trinajstić information content (AvgIpc) is 2.54. The van der Waals surface area contributed by atoms with Crippen molar-refractivity contribution in [3.8, 4) is 0 Å². The van der Waals surface area contributed by atoms with Crippen molar-refractivity contribution in [1.82, 2.24) is 9.62 Å². The number of anilines is 1. The molecule has 0 bridgehead atoms. The van der Waals surface area contributed by atoms with E-state index in [2.05, 4.69) is 10.6 Å². The van der Waals surface area contributed by atoms with E-state index in [0.29, 0.717) is 5.69 Å². The van der Waals surface area contributed by atoms with Gasteiger partial charge >= 0.3 is 6.03 Å². The van der Waals surface area contributed by atoms with E-state index in [0.717, 1.165) is 4.31 Å². The first-order chi connectivity index (χ1) is 12.1. The third kappa shape index (κ3) is 4.53. The van der Waals surface area contributed by atoms with Crippen LogP contribution in [0.15, 0.2) is 47.4 Å². The highest BCUT2D eigenvalue weighted by atomic mass is 35.5. The highest BCUT2D eigenvalue weighted by Gasteiger charge is 2.18. The highest BCUT2D eigenvalue weighted by molar-refractivity contribution is 7.89. The van der Waals surface area contributed by atoms with Crippen LogP contribution in [0, 0.1) is 0 Å². The number of benzene rings is 2. The lowest BCUT2D eigenvalue weighted by molar-refractivity contribution is 0.0967. The number of urea groups is 1. The molecule has 0 aromatic heterocycles. The Morgan fingerprint density at radius 2 is 1.50 bits per heavy atom. The molecule has 2 rings (SSSR count). The van der Waals surface area contributed by atoms with Gasteiger partial charge in [0.05, 0.1) is 20.5 Å². The van der Waals surface area contributed by atoms with Gasteiger partial charge in [-0.15, -0.1) is 0 Å². The monoisotopic (exact) mass is 415 g/mol. The molecule has 7 nitrogen and oxygen atoms in total. The zero-order valence-electron chi connectivity index (χ0n) is 13.8. The summed E-state index contributed by atoms with van der Waals surface area (Å²) < 4.78 is 25.1. The first-order valence-corrected chi connectivity index (χ1v) is 9.41. The fourth-order valence-electron chi connectivity index (χ4n) is 1.96. The molecule has 2 N–H and O–H groups in total. The van der Waals surface area contributed by atoms with Crippen molar-refractivity contribution >= 4 is 50.9 Å². The third-order valence-electron chi connectivity index (χ3n) is 3.31. The number of carbonyl (C=O) groups is 2. The number of hydrogen-bond acceptors (Lipinski definition) is 4. The van der Waals surface area contributed by atoms with E-state index in [1.807, 2.05) is 0 Å². The normalized spacial score (nSPS) is 11.3. The van der Waals surface area contributed by atoms with Crippen molar-refractivity contribution in [3.05, 3.63) is 58.1 Å². The van der Waals surface area contributed by atoms with Gasteiger partial charge in [-0.3, -0.25) is 10.1 Å². The van der Waals surface area contributed by atoms with Crippen molar-refractivity contribution in [3.63, 3.8) is 0 Å². The molecular formula is C16H15Cl2N3O4S. The molecule has 0 heterocycles. The van der Waals surface area contributed by atoms with E-state index < -0.39 is 22.0 Å². The first kappa shape index (κ1) is 20.2. The Balaban J connectivity index is 2.08. The number of carbonyl (C=O) groups excluding carboxylic acids is 2. The van der Waals surface area contributed by atoms with Gasteiger partial charge in [-0.2, -0.15) is 0 Å². The summed E-state index contributed by atoms with van der Waals surface area (Å²) in [6.45, 7) is 0. The standard InChI is InChI=1S/C16H15Cl2N3O4S/c1-21(2)26(24,25)11-8-6-10(7-9-11)19-16(23)20-15(22)14-12(17)4-3-5-13(14)18/h3-9H,1-2H3,(H2,19,20,22,23). The smallest absolute Gasteiger partial charge is 0.308 e. The van der Waals surface area contributed by atoms with E-state index in [1.165, 1.54) is 50.5 Å². The number of rotatable bonds is 4. The molecule has 0 saturated heterocycles. The Labute approximate surface area is 160 Å². The molecule has 0 fully saturated rings. The van der Waals surface area contributed by atoms with Gasteiger partial charge in [-0.25, -0.2) is 17.5 Å². The summed E-state index contributed by atoms with van der Waals surface area (Å²) in [5, 5.41) is 4.75. The zero-order valence-corrected chi connectivity index (χ0v) is 16.1. The maximum Gasteiger partial charge on any atom is 0.326 e. The van der Waals surface area contributed by atoms with Crippen LogP contribution in [0.4, 0.5) is 10.5 Å². The van der Waals surface area contributed by atoms with Crippen LogP contribution < -0.4 is 10.6 Å². The number of nitrogens with zero attached hydrogens (tertiary/aromatic N) is 1. The molecule has 138 valence electrons. The van der Waals surface area contributed by atoms with Gasteiger partial charge in [0.1, 0.15) is 0 Å². The SMILES string of the molecule is CN(C)S(=O)(=O)c1ccc(NC(=O)NC(=O)c2c(Cl)cccc2Cl)cc1. The van der Waals surface area contributed by atoms with Crippen molar-refractivity contribution in [2.75, 3.05) is 19.4 Å². The molecule has 26 heavy (non-hydrogen) atoms. The summed E-state index contributed by atoms with van der Waals surface area (Å²) in [7, 11) is -0.731. The van der Waals surface area contributed by atoms with E-state index in [1.54, 1.807) is 6.07 Å². The van der Waals surface area contributed by atoms with Gasteiger partial charge in [0.15, 0.2) is 0 Å². The molecule has 0 atom stereocenters. The number of nitrogens with one attached hydrogen (secondary N) is 2. The second-order valence-corrected chi connectivity index (χ2v) is 8.28. The number of sulfonamides is 1. The van der Waals surface area contributed by atoms with Crippen LogP contribution in [0.5, 0.6) is 0 Å². The predicted octanol–water partition coefficient (Wildman–Crippen LogP) is 3.21. The molecule has 0 aliphatic rings. The molecule has 10 heteroatoms. The van der Waals surface area contributed by atoms with Gasteiger partial charge in [-0.05, 0) is 36.4 Å². The number of imide groups is 1. The van der Waals surface area contributed by atoms with E-state index in [-0.39, 0.29) is 20.5 Å². The Morgan fingerprint density at radius 1 is 0.962 bits per heavy atom. The average molecular weight is 416 g/mol. The fraction of sp³-hybridized carbons (Fsp3) is 0.125. The van der Waals surface area contributed by atoms with Crippen LogP contribution in [0.25, 0.3) is 0 Å². The molecule has 2 aromatic rings. The van der Waals surface area contributed by atoms with Gasteiger partial charge in [-0.1, -0.05) is 29.3 Å². The fourth-order valence-corrected chi connectivity index (χ4v) is 3.43. The van der Waals surface area contributed by atoms with Crippen molar-refractivity contribution in [1.29, 1.82) is 0 Å². The lowest BCUT2D eigenvalue weighted by atomic mass is 10.2. The quantitative estimate of drug-likeness (QED) is 0.800. The topological polar surface area (TPSA) is 95.6 Å². The van der Waals surface area contributed by atoms with Crippen LogP contribution in [0.3, 0.4) is 0 Å². The van der Waals surface area contributed by atoms with Crippen LogP contribution in [-0.2, 0) is 10.0 Å². The molecule has 0 saturated carbocycles. The van der Waals surface area contributed by atoms with E-state index in [4.69, 9.17) is 23.2 Å². The Morgan fingerprint density at radius 3 is 2.00 bits per heavy atom. The summed E-state index contributed by atoms with van der Waals surface area (Å²) in [4.78, 5) is 24.2. The largest absolute Gasteiger partial charge is 0.326 e. The second-order valence-electron chi connectivity index (χ2n) is 5.32. The molecule has 0 spiro atoms. The predicted molar refractivity (Wildman–Crippen MR) is 100 cm³/mol. The minimum Gasteiger partial charge on any atom is -0.308 e. The maximum absolute atomic E-state index is 12.1. The first-order valence-electron chi connectivity index (χ1n) is 7.22. The minimum absolute atomic E-state index is 0.0154. The molecule has 0 aliphatic heterocycles. The maximum atomic E-state index is 12.1. The summed E-state index contributed by atoms with van der Waals surface area (Å²) >= 11 is 11.8. The molecule has 3 amide bonds. The number of halogens is 2. The van der Waals surface area contributed by atoms with Crippen LogP contribution in [-0.4, -0.2) is 38.8 Å². The number of amides is 3. The summed E-state index contributed by atoms with van der Waals surface area (Å²) in [5.41, 5.74) is 0.289. The van der Waals surface area contributed by atoms with E-state index in [9.17, 15) is 18.0 Å². The lowest BCUT2D eigenvalue weighted by Gasteiger charge is -2.12. The summed E-state index contributed by atoms with van der Waals surface area (Å²) in [5.74, 6) is -0.759. The molecule has 0 unspecified atom stereocenters. The summed E-state index contributed by atoms with van der Waals surface area (Å²) in [6, 6.07) is 9.22. The van der Waals surface area contributed by atoms with Gasteiger partial charge in [0.2, 0.25) is 10.0 Å². The van der Waals surface area contributed by atoms with Gasteiger partial charge < -0.3 is 5.32 Å². The summed E-state index contributed by atoms with van der Waals surface area (Å²) in [6.07, 6.45) is 0. The third-order valence-corrected chi connectivity index (χ3v) is 5.77. The lowest BCUT2D eigenvalue weighted by Crippen LogP contribution is -2.34.